The molecule has 3 aromatic carbocycles. The lowest BCUT2D eigenvalue weighted by Crippen LogP contribution is -2.55. The third-order valence-corrected chi connectivity index (χ3v) is 7.14. The van der Waals surface area contributed by atoms with Gasteiger partial charge >= 0.3 is 0 Å². The number of carbonyl (C=O) groups is 2. The molecule has 0 aliphatic carbocycles. The van der Waals surface area contributed by atoms with Crippen molar-refractivity contribution in [3.8, 4) is 0 Å². The van der Waals surface area contributed by atoms with Crippen molar-refractivity contribution in [2.24, 2.45) is 21.6 Å². The molecule has 0 radical (unpaired) electrons. The van der Waals surface area contributed by atoms with Crippen LogP contribution in [-0.2, 0) is 15.1 Å². The van der Waals surface area contributed by atoms with Crippen LogP contribution in [0.5, 0.6) is 0 Å². The van der Waals surface area contributed by atoms with Gasteiger partial charge in [-0.2, -0.15) is 0 Å². The van der Waals surface area contributed by atoms with Crippen LogP contribution < -0.4 is 11.5 Å². The Balaban J connectivity index is 1.81. The van der Waals surface area contributed by atoms with E-state index in [0.29, 0.717) is 5.69 Å². The number of guanidine groups is 1. The van der Waals surface area contributed by atoms with Crippen LogP contribution >= 0.6 is 0 Å². The molecule has 38 heavy (non-hydrogen) atoms. The molecule has 0 aromatic heterocycles. The molecule has 0 spiro atoms. The third kappa shape index (κ3) is 5.42. The van der Waals surface area contributed by atoms with Crippen LogP contribution in [0.25, 0.3) is 6.08 Å². The summed E-state index contributed by atoms with van der Waals surface area (Å²) in [7, 11) is 3.29. The van der Waals surface area contributed by atoms with E-state index in [9.17, 15) is 9.59 Å². The van der Waals surface area contributed by atoms with Gasteiger partial charge in [0.1, 0.15) is 0 Å². The molecule has 7 heteroatoms. The minimum Gasteiger partial charge on any atom is -0.398 e. The summed E-state index contributed by atoms with van der Waals surface area (Å²) in [5.41, 5.74) is 15.4. The molecule has 1 unspecified atom stereocenters. The van der Waals surface area contributed by atoms with E-state index in [1.165, 1.54) is 4.90 Å². The first-order valence-electron chi connectivity index (χ1n) is 12.5. The van der Waals surface area contributed by atoms with E-state index < -0.39 is 17.4 Å². The third-order valence-electron chi connectivity index (χ3n) is 7.14. The topological polar surface area (TPSA) is 114 Å². The number of allylic oxidation sites excluding steroid dienone is 1. The maximum Gasteiger partial charge on any atom is 0.235 e. The van der Waals surface area contributed by atoms with Crippen molar-refractivity contribution in [2.75, 3.05) is 19.8 Å². The molecule has 4 N–H and O–H groups in total. The van der Waals surface area contributed by atoms with Crippen LogP contribution in [0.3, 0.4) is 0 Å². The lowest BCUT2D eigenvalue weighted by atomic mass is 9.67. The molecular formula is C31H33N5O2. The second-order valence-corrected chi connectivity index (χ2v) is 9.66. The maximum atomic E-state index is 13.9. The summed E-state index contributed by atoms with van der Waals surface area (Å²) in [6.07, 6.45) is 5.18. The molecule has 1 amide bonds. The molecular weight excluding hydrogens is 474 g/mol. The quantitative estimate of drug-likeness (QED) is 0.267. The van der Waals surface area contributed by atoms with Gasteiger partial charge in [-0.3, -0.25) is 19.5 Å². The van der Waals surface area contributed by atoms with Gasteiger partial charge in [0.15, 0.2) is 11.7 Å². The highest BCUT2D eigenvalue weighted by Gasteiger charge is 2.50. The minimum absolute atomic E-state index is 0.0861. The van der Waals surface area contributed by atoms with Gasteiger partial charge in [-0.25, -0.2) is 4.99 Å². The molecule has 7 nitrogen and oxygen atoms in total. The lowest BCUT2D eigenvalue weighted by Gasteiger charge is -2.44. The molecule has 0 bridgehead atoms. The Kier molecular flexibility index (Phi) is 7.86. The predicted octanol–water partition coefficient (Wildman–Crippen LogP) is 4.39. The summed E-state index contributed by atoms with van der Waals surface area (Å²) in [5, 5.41) is 0. The largest absolute Gasteiger partial charge is 0.398 e. The van der Waals surface area contributed by atoms with E-state index in [-0.39, 0.29) is 24.1 Å². The number of anilines is 1. The van der Waals surface area contributed by atoms with E-state index >= 15 is 0 Å². The zero-order valence-electron chi connectivity index (χ0n) is 21.9. The Morgan fingerprint density at radius 3 is 2.37 bits per heavy atom. The van der Waals surface area contributed by atoms with Crippen LogP contribution in [0.4, 0.5) is 5.69 Å². The molecule has 0 fully saturated rings. The summed E-state index contributed by atoms with van der Waals surface area (Å²) >= 11 is 0. The average Bonchev–Trinajstić information content (AvgIpc) is 2.92. The fourth-order valence-corrected chi connectivity index (χ4v) is 5.07. The van der Waals surface area contributed by atoms with E-state index in [2.05, 4.69) is 4.99 Å². The zero-order valence-corrected chi connectivity index (χ0v) is 21.9. The molecule has 3 atom stereocenters. The molecule has 3 aromatic rings. The SMILES string of the molecule is CN=Cc1ccc([C@@]2(C)N=C(N)N(C)C(=O)[C@@H]2C(CC(=O)/C=C/c2ccccc2)c2ccccc2)cc1N. The van der Waals surface area contributed by atoms with Gasteiger partial charge in [-0.1, -0.05) is 78.9 Å². The Morgan fingerprint density at radius 1 is 1.08 bits per heavy atom. The van der Waals surface area contributed by atoms with Gasteiger partial charge in [0.2, 0.25) is 5.91 Å². The van der Waals surface area contributed by atoms with Crippen molar-refractivity contribution in [1.29, 1.82) is 0 Å². The average molecular weight is 508 g/mol. The van der Waals surface area contributed by atoms with Crippen LogP contribution in [-0.4, -0.2) is 42.9 Å². The molecule has 4 rings (SSSR count). The van der Waals surface area contributed by atoms with E-state index in [1.807, 2.05) is 85.8 Å². The molecule has 0 saturated carbocycles. The lowest BCUT2D eigenvalue weighted by molar-refractivity contribution is -0.135. The second-order valence-electron chi connectivity index (χ2n) is 9.66. The van der Waals surface area contributed by atoms with Gasteiger partial charge in [-0.05, 0) is 35.8 Å². The van der Waals surface area contributed by atoms with Crippen molar-refractivity contribution in [2.45, 2.75) is 24.8 Å². The molecule has 1 aliphatic rings. The summed E-state index contributed by atoms with van der Waals surface area (Å²) in [5.74, 6) is -1.34. The first-order chi connectivity index (χ1) is 18.2. The Morgan fingerprint density at radius 2 is 1.74 bits per heavy atom. The maximum absolute atomic E-state index is 13.9. The second kappa shape index (κ2) is 11.3. The number of rotatable bonds is 8. The number of aliphatic imine (C=N–C) groups is 2. The Bertz CT molecular complexity index is 1400. The van der Waals surface area contributed by atoms with Crippen molar-refractivity contribution in [3.05, 3.63) is 107 Å². The highest BCUT2D eigenvalue weighted by Crippen LogP contribution is 2.47. The molecule has 194 valence electrons. The Hall–Kier alpha value is -4.52. The number of amides is 1. The fourth-order valence-electron chi connectivity index (χ4n) is 5.07. The van der Waals surface area contributed by atoms with Crippen LogP contribution in [0, 0.1) is 5.92 Å². The highest BCUT2D eigenvalue weighted by molar-refractivity contribution is 6.01. The van der Waals surface area contributed by atoms with Gasteiger partial charge in [-0.15, -0.1) is 0 Å². The van der Waals surface area contributed by atoms with Gasteiger partial charge in [0.25, 0.3) is 0 Å². The van der Waals surface area contributed by atoms with E-state index in [4.69, 9.17) is 16.5 Å². The first kappa shape index (κ1) is 26.5. The summed E-state index contributed by atoms with van der Waals surface area (Å²) in [4.78, 5) is 37.5. The molecule has 1 heterocycles. The summed E-state index contributed by atoms with van der Waals surface area (Å²) < 4.78 is 0. The Labute approximate surface area is 223 Å². The number of nitrogen functional groups attached to an aromatic ring is 1. The highest BCUT2D eigenvalue weighted by atomic mass is 16.2. The number of carbonyl (C=O) groups excluding carboxylic acids is 2. The first-order valence-corrected chi connectivity index (χ1v) is 12.5. The van der Waals surface area contributed by atoms with Crippen molar-refractivity contribution in [1.82, 2.24) is 4.90 Å². The van der Waals surface area contributed by atoms with Crippen LogP contribution in [0.1, 0.15) is 41.5 Å². The number of benzene rings is 3. The van der Waals surface area contributed by atoms with E-state index in [1.54, 1.807) is 32.5 Å². The van der Waals surface area contributed by atoms with Crippen LogP contribution in [0.2, 0.25) is 0 Å². The number of nitrogens with zero attached hydrogens (tertiary/aromatic N) is 3. The normalized spacial score (nSPS) is 20.6. The summed E-state index contributed by atoms with van der Waals surface area (Å²) in [6, 6.07) is 24.8. The molecule has 1 aliphatic heterocycles. The van der Waals surface area contributed by atoms with Crippen molar-refractivity contribution < 1.29 is 9.59 Å². The monoisotopic (exact) mass is 507 g/mol. The number of nitrogens with two attached hydrogens (primary N) is 2. The van der Waals surface area contributed by atoms with Gasteiger partial charge < -0.3 is 11.5 Å². The predicted molar refractivity (Wildman–Crippen MR) is 154 cm³/mol. The van der Waals surface area contributed by atoms with Crippen LogP contribution in [0.15, 0.2) is 94.9 Å². The smallest absolute Gasteiger partial charge is 0.235 e. The zero-order chi connectivity index (χ0) is 27.3. The number of hydrogen-bond donors (Lipinski definition) is 2. The standard InChI is InChI=1S/C31H33N5O2/c1-31(24-16-15-23(20-34-2)27(32)18-24)28(29(38)36(3)30(33)35-31)26(22-12-8-5-9-13-22)19-25(37)17-14-21-10-6-4-7-11-21/h4-18,20,26,28H,19,32H2,1-3H3,(H2,33,35)/b17-14+,34-20?/t26?,28-,31+/m0/s1. The van der Waals surface area contributed by atoms with Gasteiger partial charge in [0, 0.05) is 43.9 Å². The molecule has 0 saturated heterocycles. The van der Waals surface area contributed by atoms with Crippen molar-refractivity contribution in [3.63, 3.8) is 0 Å². The van der Waals surface area contributed by atoms with E-state index in [0.717, 1.165) is 22.3 Å². The van der Waals surface area contributed by atoms with Crippen molar-refractivity contribution >= 4 is 35.6 Å². The fraction of sp³-hybridized carbons (Fsp3) is 0.226. The number of ketones is 1. The van der Waals surface area contributed by atoms with Gasteiger partial charge in [0.05, 0.1) is 11.5 Å². The number of hydrogen-bond acceptors (Lipinski definition) is 6. The summed E-state index contributed by atoms with van der Waals surface area (Å²) in [6.45, 7) is 1.89. The minimum atomic E-state index is -1.06.